The zero-order valence-electron chi connectivity index (χ0n) is 13.7. The van der Waals surface area contributed by atoms with Gasteiger partial charge in [-0.05, 0) is 54.6 Å². The Kier molecular flexibility index (Phi) is 3.58. The van der Waals surface area contributed by atoms with Gasteiger partial charge in [0.25, 0.3) is 0 Å². The highest BCUT2D eigenvalue weighted by Crippen LogP contribution is 2.41. The first-order valence-electron chi connectivity index (χ1n) is 8.22. The fraction of sp³-hybridized carbons (Fsp3) is 0.0909. The fourth-order valence-corrected chi connectivity index (χ4v) is 3.29. The average Bonchev–Trinajstić information content (AvgIpc) is 2.64. The second-order valence-corrected chi connectivity index (χ2v) is 6.30. The molecule has 1 atom stereocenters. The molecule has 2 N–H and O–H groups in total. The van der Waals surface area contributed by atoms with Gasteiger partial charge in [-0.3, -0.25) is 0 Å². The van der Waals surface area contributed by atoms with E-state index in [1.807, 2.05) is 24.4 Å². The summed E-state index contributed by atoms with van der Waals surface area (Å²) in [5, 5.41) is 6.86. The van der Waals surface area contributed by atoms with Crippen molar-refractivity contribution in [3.8, 4) is 0 Å². The normalized spacial score (nSPS) is 18.5. The lowest BCUT2D eigenvalue weighted by atomic mass is 9.74. The van der Waals surface area contributed by atoms with Crippen LogP contribution in [0.3, 0.4) is 0 Å². The van der Waals surface area contributed by atoms with Crippen LogP contribution in [0.15, 0.2) is 91.1 Å². The largest absolute Gasteiger partial charge is 0.362 e. The highest BCUT2D eigenvalue weighted by Gasteiger charge is 2.30. The maximum Gasteiger partial charge on any atom is 0.0426 e. The highest BCUT2D eigenvalue weighted by atomic mass is 14.9. The van der Waals surface area contributed by atoms with Gasteiger partial charge in [0, 0.05) is 22.5 Å². The van der Waals surface area contributed by atoms with E-state index in [4.69, 9.17) is 0 Å². The van der Waals surface area contributed by atoms with Gasteiger partial charge in [-0.1, -0.05) is 54.6 Å². The molecule has 3 aromatic rings. The maximum absolute atomic E-state index is 3.49. The van der Waals surface area contributed by atoms with Crippen LogP contribution in [0.25, 0.3) is 0 Å². The quantitative estimate of drug-likeness (QED) is 0.650. The van der Waals surface area contributed by atoms with Gasteiger partial charge in [0.15, 0.2) is 0 Å². The summed E-state index contributed by atoms with van der Waals surface area (Å²) in [6.45, 7) is 2.27. The van der Waals surface area contributed by atoms with Crippen LogP contribution in [0, 0.1) is 0 Å². The summed E-state index contributed by atoms with van der Waals surface area (Å²) in [5.74, 6) is 0. The SMILES string of the molecule is CC1(c2ccccc2)C=CNc2ccc(Nc3ccccc3)cc21. The molecule has 3 aromatic carbocycles. The van der Waals surface area contributed by atoms with E-state index in [0.717, 1.165) is 17.1 Å². The Balaban J connectivity index is 1.76. The van der Waals surface area contributed by atoms with Crippen molar-refractivity contribution < 1.29 is 0 Å². The minimum absolute atomic E-state index is 0.143. The fourth-order valence-electron chi connectivity index (χ4n) is 3.29. The van der Waals surface area contributed by atoms with Crippen molar-refractivity contribution in [2.75, 3.05) is 10.6 Å². The third-order valence-electron chi connectivity index (χ3n) is 4.67. The first-order chi connectivity index (χ1) is 11.8. The van der Waals surface area contributed by atoms with E-state index in [1.165, 1.54) is 11.1 Å². The second-order valence-electron chi connectivity index (χ2n) is 6.30. The van der Waals surface area contributed by atoms with E-state index in [-0.39, 0.29) is 5.41 Å². The summed E-state index contributed by atoms with van der Waals surface area (Å²) in [6, 6.07) is 27.4. The topological polar surface area (TPSA) is 24.1 Å². The summed E-state index contributed by atoms with van der Waals surface area (Å²) in [7, 11) is 0. The van der Waals surface area contributed by atoms with E-state index >= 15 is 0 Å². The third-order valence-corrected chi connectivity index (χ3v) is 4.67. The summed E-state index contributed by atoms with van der Waals surface area (Å²) < 4.78 is 0. The van der Waals surface area contributed by atoms with Gasteiger partial charge in [-0.15, -0.1) is 0 Å². The first kappa shape index (κ1) is 14.6. The first-order valence-corrected chi connectivity index (χ1v) is 8.22. The number of rotatable bonds is 3. The number of anilines is 3. The number of allylic oxidation sites excluding steroid dienone is 1. The number of hydrogen-bond acceptors (Lipinski definition) is 2. The van der Waals surface area contributed by atoms with Crippen LogP contribution in [0.5, 0.6) is 0 Å². The molecule has 0 radical (unpaired) electrons. The molecule has 1 aliphatic rings. The van der Waals surface area contributed by atoms with Gasteiger partial charge < -0.3 is 10.6 Å². The van der Waals surface area contributed by atoms with Gasteiger partial charge in [0.05, 0.1) is 0 Å². The summed E-state index contributed by atoms with van der Waals surface area (Å²) in [4.78, 5) is 0. The Bertz CT molecular complexity index is 869. The number of para-hydroxylation sites is 1. The third kappa shape index (κ3) is 2.56. The Labute approximate surface area is 142 Å². The van der Waals surface area contributed by atoms with Crippen molar-refractivity contribution in [1.82, 2.24) is 0 Å². The summed E-state index contributed by atoms with van der Waals surface area (Å²) in [6.07, 6.45) is 4.27. The van der Waals surface area contributed by atoms with Crippen molar-refractivity contribution in [2.45, 2.75) is 12.3 Å². The van der Waals surface area contributed by atoms with E-state index in [2.05, 4.69) is 84.3 Å². The zero-order valence-corrected chi connectivity index (χ0v) is 13.7. The standard InChI is InChI=1S/C22H20N2/c1-22(17-8-4-2-5-9-17)14-15-23-21-13-12-19(16-20(21)22)24-18-10-6-3-7-11-18/h2-16,23-24H,1H3. The smallest absolute Gasteiger partial charge is 0.0426 e. The Hall–Kier alpha value is -3.00. The van der Waals surface area contributed by atoms with Gasteiger partial charge in [-0.2, -0.15) is 0 Å². The molecule has 0 saturated carbocycles. The molecule has 0 aromatic heterocycles. The van der Waals surface area contributed by atoms with Crippen LogP contribution in [0.2, 0.25) is 0 Å². The van der Waals surface area contributed by atoms with E-state index in [0.29, 0.717) is 0 Å². The molecular weight excluding hydrogens is 292 g/mol. The minimum Gasteiger partial charge on any atom is -0.362 e. The van der Waals surface area contributed by atoms with Crippen LogP contribution in [0.4, 0.5) is 17.1 Å². The van der Waals surface area contributed by atoms with Crippen LogP contribution in [0.1, 0.15) is 18.1 Å². The predicted molar refractivity (Wildman–Crippen MR) is 102 cm³/mol. The van der Waals surface area contributed by atoms with Crippen LogP contribution in [-0.4, -0.2) is 0 Å². The van der Waals surface area contributed by atoms with Crippen LogP contribution < -0.4 is 10.6 Å². The Morgan fingerprint density at radius 3 is 2.25 bits per heavy atom. The molecule has 24 heavy (non-hydrogen) atoms. The average molecular weight is 312 g/mol. The highest BCUT2D eigenvalue weighted by molar-refractivity contribution is 5.71. The minimum atomic E-state index is -0.143. The molecule has 1 unspecified atom stereocenters. The Morgan fingerprint density at radius 1 is 0.792 bits per heavy atom. The molecule has 0 saturated heterocycles. The van der Waals surface area contributed by atoms with E-state index in [9.17, 15) is 0 Å². The molecular formula is C22H20N2. The molecule has 0 amide bonds. The molecule has 2 heteroatoms. The molecule has 4 rings (SSSR count). The molecule has 0 fully saturated rings. The van der Waals surface area contributed by atoms with Crippen molar-refractivity contribution in [3.05, 3.63) is 102 Å². The predicted octanol–water partition coefficient (Wildman–Crippen LogP) is 5.68. The monoisotopic (exact) mass is 312 g/mol. The van der Waals surface area contributed by atoms with Crippen LogP contribution in [-0.2, 0) is 5.41 Å². The molecule has 118 valence electrons. The van der Waals surface area contributed by atoms with Gasteiger partial charge >= 0.3 is 0 Å². The van der Waals surface area contributed by atoms with Crippen molar-refractivity contribution >= 4 is 17.1 Å². The lowest BCUT2D eigenvalue weighted by Gasteiger charge is -2.33. The van der Waals surface area contributed by atoms with Crippen LogP contribution >= 0.6 is 0 Å². The number of hydrogen-bond donors (Lipinski definition) is 2. The van der Waals surface area contributed by atoms with Crippen molar-refractivity contribution in [2.24, 2.45) is 0 Å². The van der Waals surface area contributed by atoms with E-state index < -0.39 is 0 Å². The number of nitrogens with one attached hydrogen (secondary N) is 2. The molecule has 0 spiro atoms. The molecule has 1 aliphatic heterocycles. The molecule has 0 aliphatic carbocycles. The summed E-state index contributed by atoms with van der Waals surface area (Å²) >= 11 is 0. The van der Waals surface area contributed by atoms with Gasteiger partial charge in [0.1, 0.15) is 0 Å². The maximum atomic E-state index is 3.49. The molecule has 0 bridgehead atoms. The number of fused-ring (bicyclic) bond motifs is 1. The second kappa shape index (κ2) is 5.89. The lowest BCUT2D eigenvalue weighted by Crippen LogP contribution is -2.25. The molecule has 2 nitrogen and oxygen atoms in total. The summed E-state index contributed by atoms with van der Waals surface area (Å²) in [5.41, 5.74) is 5.77. The number of benzene rings is 3. The molecule has 1 heterocycles. The van der Waals surface area contributed by atoms with Crippen molar-refractivity contribution in [1.29, 1.82) is 0 Å². The van der Waals surface area contributed by atoms with E-state index in [1.54, 1.807) is 0 Å². The van der Waals surface area contributed by atoms with Gasteiger partial charge in [0.2, 0.25) is 0 Å². The lowest BCUT2D eigenvalue weighted by molar-refractivity contribution is 0.718. The van der Waals surface area contributed by atoms with Crippen molar-refractivity contribution in [3.63, 3.8) is 0 Å². The van der Waals surface area contributed by atoms with Gasteiger partial charge in [-0.25, -0.2) is 0 Å². The zero-order chi connectivity index (χ0) is 16.4. The Morgan fingerprint density at radius 2 is 1.50 bits per heavy atom.